The molecule has 2 aliphatic rings. The summed E-state index contributed by atoms with van der Waals surface area (Å²) in [4.78, 5) is 11.4. The molecule has 0 unspecified atom stereocenters. The first kappa shape index (κ1) is 25.0. The molecule has 40 heavy (non-hydrogen) atoms. The Morgan fingerprint density at radius 2 is 1.95 bits per heavy atom. The van der Waals surface area contributed by atoms with Crippen LogP contribution in [-0.2, 0) is 17.9 Å². The Bertz CT molecular complexity index is 1700. The highest BCUT2D eigenvalue weighted by atomic mass is 35.5. The summed E-state index contributed by atoms with van der Waals surface area (Å²) < 4.78 is 30.9. The predicted octanol–water partition coefficient (Wildman–Crippen LogP) is 6.98. The molecular weight excluding hydrogens is 531 g/mol. The van der Waals surface area contributed by atoms with Gasteiger partial charge in [0.1, 0.15) is 41.8 Å². The van der Waals surface area contributed by atoms with Gasteiger partial charge in [-0.15, -0.1) is 0 Å². The molecule has 2 aromatic heterocycles. The maximum atomic E-state index is 13.5. The lowest BCUT2D eigenvalue weighted by Crippen LogP contribution is -2.70. The SMILES string of the molecule is Fc1cccc(COc2ccc(Nc3ncnc4ccc(-c5ccc(CN6CCC67COC7)o5)cc34)cc2Cl)c1. The average Bonchev–Trinajstić information content (AvgIpc) is 3.39. The molecule has 3 aromatic carbocycles. The first-order valence-electron chi connectivity index (χ1n) is 13.2. The lowest BCUT2D eigenvalue weighted by atomic mass is 9.83. The maximum Gasteiger partial charge on any atom is 0.141 e. The zero-order valence-corrected chi connectivity index (χ0v) is 22.3. The summed E-state index contributed by atoms with van der Waals surface area (Å²) in [6.07, 6.45) is 2.72. The second-order valence-corrected chi connectivity index (χ2v) is 10.7. The van der Waals surface area contributed by atoms with Crippen LogP contribution in [0.4, 0.5) is 15.9 Å². The minimum atomic E-state index is -0.302. The Balaban J connectivity index is 1.08. The van der Waals surface area contributed by atoms with Gasteiger partial charge in [-0.1, -0.05) is 23.7 Å². The highest BCUT2D eigenvalue weighted by Crippen LogP contribution is 2.39. The van der Waals surface area contributed by atoms with E-state index in [0.717, 1.165) is 65.5 Å². The van der Waals surface area contributed by atoms with Crippen molar-refractivity contribution in [1.29, 1.82) is 0 Å². The van der Waals surface area contributed by atoms with Crippen molar-refractivity contribution >= 4 is 34.0 Å². The molecule has 2 fully saturated rings. The molecule has 1 N–H and O–H groups in total. The number of rotatable bonds is 8. The molecule has 1 spiro atoms. The van der Waals surface area contributed by atoms with E-state index in [0.29, 0.717) is 16.6 Å². The molecule has 0 amide bonds. The summed E-state index contributed by atoms with van der Waals surface area (Å²) in [5, 5.41) is 4.64. The molecule has 2 saturated heterocycles. The highest BCUT2D eigenvalue weighted by molar-refractivity contribution is 6.32. The van der Waals surface area contributed by atoms with E-state index in [2.05, 4.69) is 20.2 Å². The zero-order chi connectivity index (χ0) is 27.1. The number of benzene rings is 3. The first-order chi connectivity index (χ1) is 19.5. The number of ether oxygens (including phenoxy) is 2. The molecule has 0 aliphatic carbocycles. The third-order valence-corrected chi connectivity index (χ3v) is 7.96. The first-order valence-corrected chi connectivity index (χ1v) is 13.5. The fourth-order valence-corrected chi connectivity index (χ4v) is 5.47. The van der Waals surface area contributed by atoms with Crippen molar-refractivity contribution in [3.63, 3.8) is 0 Å². The fourth-order valence-electron chi connectivity index (χ4n) is 5.23. The van der Waals surface area contributed by atoms with Gasteiger partial charge in [0.25, 0.3) is 0 Å². The van der Waals surface area contributed by atoms with E-state index in [-0.39, 0.29) is 18.0 Å². The van der Waals surface area contributed by atoms with E-state index in [1.807, 2.05) is 36.4 Å². The Morgan fingerprint density at radius 1 is 1.02 bits per heavy atom. The number of aromatic nitrogens is 2. The van der Waals surface area contributed by atoms with E-state index in [9.17, 15) is 4.39 Å². The van der Waals surface area contributed by atoms with Crippen LogP contribution in [0, 0.1) is 5.82 Å². The van der Waals surface area contributed by atoms with Crippen molar-refractivity contribution in [1.82, 2.24) is 14.9 Å². The summed E-state index contributed by atoms with van der Waals surface area (Å²) in [5.41, 5.74) is 3.45. The van der Waals surface area contributed by atoms with Crippen LogP contribution in [-0.4, -0.2) is 40.2 Å². The predicted molar refractivity (Wildman–Crippen MR) is 151 cm³/mol. The number of nitrogens with zero attached hydrogens (tertiary/aromatic N) is 3. The fraction of sp³-hybridized carbons (Fsp3) is 0.226. The topological polar surface area (TPSA) is 72.7 Å². The smallest absolute Gasteiger partial charge is 0.141 e. The highest BCUT2D eigenvalue weighted by Gasteiger charge is 2.50. The summed E-state index contributed by atoms with van der Waals surface area (Å²) in [5.74, 6) is 2.60. The second kappa shape index (κ2) is 10.2. The Kier molecular flexibility index (Phi) is 6.38. The van der Waals surface area contributed by atoms with E-state index in [1.54, 1.807) is 24.3 Å². The Morgan fingerprint density at radius 3 is 2.73 bits per heavy atom. The van der Waals surface area contributed by atoms with Crippen molar-refractivity contribution in [2.24, 2.45) is 0 Å². The van der Waals surface area contributed by atoms with Crippen LogP contribution in [0.3, 0.4) is 0 Å². The summed E-state index contributed by atoms with van der Waals surface area (Å²) >= 11 is 6.51. The largest absolute Gasteiger partial charge is 0.487 e. The summed E-state index contributed by atoms with van der Waals surface area (Å²) in [6, 6.07) is 21.8. The van der Waals surface area contributed by atoms with Gasteiger partial charge in [0.05, 0.1) is 35.8 Å². The van der Waals surface area contributed by atoms with Crippen LogP contribution in [0.25, 0.3) is 22.2 Å². The van der Waals surface area contributed by atoms with Crippen molar-refractivity contribution in [2.45, 2.75) is 25.1 Å². The van der Waals surface area contributed by atoms with Crippen molar-refractivity contribution in [3.8, 4) is 17.1 Å². The molecule has 202 valence electrons. The van der Waals surface area contributed by atoms with E-state index in [1.165, 1.54) is 24.9 Å². The standard InChI is InChI=1S/C31H26ClFN4O3/c32-26-14-23(5-8-29(26)39-16-20-2-1-3-22(33)12-20)36-30-25-13-21(4-7-27(25)34-19-35-30)28-9-6-24(40-28)15-37-11-10-31(37)17-38-18-31/h1-9,12-14,19H,10-11,15-18H2,(H,34,35,36). The normalized spacial score (nSPS) is 16.1. The van der Waals surface area contributed by atoms with Gasteiger partial charge in [-0.3, -0.25) is 4.90 Å². The minimum absolute atomic E-state index is 0.214. The molecular formula is C31H26ClFN4O3. The van der Waals surface area contributed by atoms with Crippen molar-refractivity contribution in [2.75, 3.05) is 25.1 Å². The molecule has 0 radical (unpaired) electrons. The molecule has 2 aliphatic heterocycles. The van der Waals surface area contributed by atoms with E-state index in [4.69, 9.17) is 25.5 Å². The molecule has 0 bridgehead atoms. The van der Waals surface area contributed by atoms with Crippen molar-refractivity contribution < 1.29 is 18.3 Å². The molecule has 0 saturated carbocycles. The van der Waals surface area contributed by atoms with Gasteiger partial charge < -0.3 is 19.2 Å². The van der Waals surface area contributed by atoms with Gasteiger partial charge in [0.15, 0.2) is 0 Å². The minimum Gasteiger partial charge on any atom is -0.487 e. The number of anilines is 2. The monoisotopic (exact) mass is 556 g/mol. The van der Waals surface area contributed by atoms with Crippen LogP contribution in [0.15, 0.2) is 83.5 Å². The van der Waals surface area contributed by atoms with Crippen LogP contribution in [0.5, 0.6) is 5.75 Å². The molecule has 4 heterocycles. The lowest BCUT2D eigenvalue weighted by molar-refractivity contribution is -0.197. The number of hydrogen-bond acceptors (Lipinski definition) is 7. The van der Waals surface area contributed by atoms with Gasteiger partial charge in [-0.2, -0.15) is 0 Å². The summed E-state index contributed by atoms with van der Waals surface area (Å²) in [7, 11) is 0. The zero-order valence-electron chi connectivity index (χ0n) is 21.6. The molecule has 0 atom stereocenters. The quantitative estimate of drug-likeness (QED) is 0.221. The third kappa shape index (κ3) is 4.79. The van der Waals surface area contributed by atoms with Gasteiger partial charge >= 0.3 is 0 Å². The van der Waals surface area contributed by atoms with Gasteiger partial charge in [0, 0.05) is 23.2 Å². The number of nitrogens with one attached hydrogen (secondary N) is 1. The number of halogens is 2. The molecule has 5 aromatic rings. The maximum absolute atomic E-state index is 13.5. The summed E-state index contributed by atoms with van der Waals surface area (Å²) in [6.45, 7) is 3.71. The Labute approximate surface area is 235 Å². The number of hydrogen-bond donors (Lipinski definition) is 1. The average molecular weight is 557 g/mol. The lowest BCUT2D eigenvalue weighted by Gasteiger charge is -2.57. The van der Waals surface area contributed by atoms with Crippen LogP contribution in [0.2, 0.25) is 5.02 Å². The molecule has 7 rings (SSSR count). The van der Waals surface area contributed by atoms with Crippen LogP contribution < -0.4 is 10.1 Å². The Hall–Kier alpha value is -3.98. The third-order valence-electron chi connectivity index (χ3n) is 7.67. The van der Waals surface area contributed by atoms with Crippen LogP contribution in [0.1, 0.15) is 17.7 Å². The molecule has 7 nitrogen and oxygen atoms in total. The van der Waals surface area contributed by atoms with Crippen molar-refractivity contribution in [3.05, 3.63) is 101 Å². The van der Waals surface area contributed by atoms with Crippen LogP contribution >= 0.6 is 11.6 Å². The van der Waals surface area contributed by atoms with Gasteiger partial charge in [-0.05, 0) is 72.6 Å². The second-order valence-electron chi connectivity index (χ2n) is 10.3. The number of fused-ring (bicyclic) bond motifs is 1. The van der Waals surface area contributed by atoms with Gasteiger partial charge in [-0.25, -0.2) is 14.4 Å². The van der Waals surface area contributed by atoms with E-state index >= 15 is 0 Å². The molecule has 9 heteroatoms. The van der Waals surface area contributed by atoms with Gasteiger partial charge in [0.2, 0.25) is 0 Å². The number of likely N-dealkylation sites (tertiary alicyclic amines) is 1. The van der Waals surface area contributed by atoms with E-state index < -0.39 is 0 Å². The number of furan rings is 1.